The molecule has 19 heavy (non-hydrogen) atoms. The number of rotatable bonds is 3. The summed E-state index contributed by atoms with van der Waals surface area (Å²) in [6.07, 6.45) is 3.73. The number of nitrogens with one attached hydrogen (secondary N) is 2. The number of aryl methyl sites for hydroxylation is 1. The van der Waals surface area contributed by atoms with Gasteiger partial charge in [-0.2, -0.15) is 5.10 Å². The summed E-state index contributed by atoms with van der Waals surface area (Å²) >= 11 is 0. The van der Waals surface area contributed by atoms with Crippen molar-refractivity contribution in [3.63, 3.8) is 0 Å². The minimum Gasteiger partial charge on any atom is -0.367 e. The molecule has 0 bridgehead atoms. The van der Waals surface area contributed by atoms with Crippen LogP contribution in [-0.4, -0.2) is 14.8 Å². The van der Waals surface area contributed by atoms with Gasteiger partial charge in [-0.05, 0) is 17.5 Å². The summed E-state index contributed by atoms with van der Waals surface area (Å²) in [6.45, 7) is 0.627. The molecule has 96 valence electrons. The lowest BCUT2D eigenvalue weighted by Crippen LogP contribution is -2.10. The lowest BCUT2D eigenvalue weighted by atomic mass is 10.2. The van der Waals surface area contributed by atoms with Crippen molar-refractivity contribution in [2.45, 2.75) is 6.54 Å². The number of hydrogen-bond donors (Lipinski definition) is 2. The Hall–Kier alpha value is -2.56. The molecule has 5 nitrogen and oxygen atoms in total. The van der Waals surface area contributed by atoms with Gasteiger partial charge in [0.15, 0.2) is 0 Å². The molecule has 0 saturated heterocycles. The first-order valence-corrected chi connectivity index (χ1v) is 6.06. The molecule has 1 aromatic carbocycles. The number of aromatic amines is 1. The zero-order valence-corrected chi connectivity index (χ0v) is 10.6. The third-order valence-electron chi connectivity index (χ3n) is 2.99. The van der Waals surface area contributed by atoms with Crippen LogP contribution in [0.5, 0.6) is 0 Å². The van der Waals surface area contributed by atoms with Crippen molar-refractivity contribution in [3.05, 3.63) is 58.6 Å². The van der Waals surface area contributed by atoms with E-state index in [1.807, 2.05) is 43.6 Å². The summed E-state index contributed by atoms with van der Waals surface area (Å²) in [5.74, 6) is 0.715. The number of H-pyrrole nitrogens is 1. The van der Waals surface area contributed by atoms with Crippen LogP contribution in [0, 0.1) is 0 Å². The predicted octanol–water partition coefficient (Wildman–Crippen LogP) is 1.87. The average molecular weight is 254 g/mol. The quantitative estimate of drug-likeness (QED) is 0.750. The first kappa shape index (κ1) is 11.5. The van der Waals surface area contributed by atoms with Crippen molar-refractivity contribution in [3.8, 4) is 0 Å². The molecule has 0 radical (unpaired) electrons. The fourth-order valence-electron chi connectivity index (χ4n) is 2.07. The number of pyridine rings is 1. The minimum absolute atomic E-state index is 0.0770. The summed E-state index contributed by atoms with van der Waals surface area (Å²) in [5, 5.41) is 8.93. The Kier molecular flexibility index (Phi) is 2.79. The maximum Gasteiger partial charge on any atom is 0.257 e. The Morgan fingerprint density at radius 2 is 2.21 bits per heavy atom. The molecule has 0 saturated carbocycles. The van der Waals surface area contributed by atoms with Crippen LogP contribution in [0.3, 0.4) is 0 Å². The van der Waals surface area contributed by atoms with Crippen molar-refractivity contribution >= 4 is 16.6 Å². The van der Waals surface area contributed by atoms with Crippen molar-refractivity contribution < 1.29 is 0 Å². The van der Waals surface area contributed by atoms with E-state index >= 15 is 0 Å². The van der Waals surface area contributed by atoms with E-state index in [2.05, 4.69) is 15.4 Å². The van der Waals surface area contributed by atoms with Gasteiger partial charge in [0.05, 0.1) is 6.20 Å². The smallest absolute Gasteiger partial charge is 0.257 e. The van der Waals surface area contributed by atoms with Gasteiger partial charge in [-0.15, -0.1) is 0 Å². The zero-order chi connectivity index (χ0) is 13.2. The average Bonchev–Trinajstić information content (AvgIpc) is 2.82. The second-order valence-corrected chi connectivity index (χ2v) is 4.48. The Labute approximate surface area is 109 Å². The molecular formula is C14H14N4O. The van der Waals surface area contributed by atoms with Gasteiger partial charge >= 0.3 is 0 Å². The molecule has 0 atom stereocenters. The first-order chi connectivity index (χ1) is 9.22. The highest BCUT2D eigenvalue weighted by molar-refractivity contribution is 5.83. The lowest BCUT2D eigenvalue weighted by Gasteiger charge is -2.06. The predicted molar refractivity (Wildman–Crippen MR) is 75.1 cm³/mol. The van der Waals surface area contributed by atoms with E-state index in [-0.39, 0.29) is 5.56 Å². The Bertz CT molecular complexity index is 772. The standard InChI is InChI=1S/C14H14N4O/c1-18-9-10(8-16-18)7-15-13-6-11-4-2-3-5-12(11)14(19)17-13/h2-6,8-9H,7H2,1H3,(H2,15,17,19). The van der Waals surface area contributed by atoms with Crippen LogP contribution in [0.4, 0.5) is 5.82 Å². The molecule has 0 unspecified atom stereocenters. The number of hydrogen-bond acceptors (Lipinski definition) is 3. The van der Waals surface area contributed by atoms with E-state index in [9.17, 15) is 4.79 Å². The number of benzene rings is 1. The highest BCUT2D eigenvalue weighted by Crippen LogP contribution is 2.13. The third-order valence-corrected chi connectivity index (χ3v) is 2.99. The molecule has 2 N–H and O–H groups in total. The molecular weight excluding hydrogens is 240 g/mol. The van der Waals surface area contributed by atoms with Crippen molar-refractivity contribution in [2.24, 2.45) is 7.05 Å². The number of fused-ring (bicyclic) bond motifs is 1. The summed E-state index contributed by atoms with van der Waals surface area (Å²) < 4.78 is 1.75. The molecule has 2 heterocycles. The summed E-state index contributed by atoms with van der Waals surface area (Å²) in [7, 11) is 1.88. The summed E-state index contributed by atoms with van der Waals surface area (Å²) in [5.41, 5.74) is 0.989. The highest BCUT2D eigenvalue weighted by atomic mass is 16.1. The molecule has 3 rings (SSSR count). The Balaban J connectivity index is 1.87. The molecule has 0 aliphatic rings. The number of anilines is 1. The third kappa shape index (κ3) is 2.35. The lowest BCUT2D eigenvalue weighted by molar-refractivity contribution is 0.767. The highest BCUT2D eigenvalue weighted by Gasteiger charge is 2.01. The Morgan fingerprint density at radius 3 is 3.00 bits per heavy atom. The van der Waals surface area contributed by atoms with Crippen molar-refractivity contribution in [1.29, 1.82) is 0 Å². The fraction of sp³-hybridized carbons (Fsp3) is 0.143. The first-order valence-electron chi connectivity index (χ1n) is 6.06. The van der Waals surface area contributed by atoms with Crippen LogP contribution in [-0.2, 0) is 13.6 Å². The summed E-state index contributed by atoms with van der Waals surface area (Å²) in [6, 6.07) is 9.47. The van der Waals surface area contributed by atoms with E-state index in [0.29, 0.717) is 17.7 Å². The monoisotopic (exact) mass is 254 g/mol. The maximum absolute atomic E-state index is 11.9. The van der Waals surface area contributed by atoms with Crippen molar-refractivity contribution in [1.82, 2.24) is 14.8 Å². The maximum atomic E-state index is 11.9. The molecule has 0 aliphatic carbocycles. The van der Waals surface area contributed by atoms with Crippen LogP contribution in [0.2, 0.25) is 0 Å². The zero-order valence-electron chi connectivity index (χ0n) is 10.6. The van der Waals surface area contributed by atoms with Gasteiger partial charge in [0.2, 0.25) is 0 Å². The van der Waals surface area contributed by atoms with Gasteiger partial charge in [0.1, 0.15) is 5.82 Å². The summed E-state index contributed by atoms with van der Waals surface area (Å²) in [4.78, 5) is 14.7. The van der Waals surface area contributed by atoms with Gasteiger partial charge in [-0.3, -0.25) is 9.48 Å². The molecule has 0 amide bonds. The number of nitrogens with zero attached hydrogens (tertiary/aromatic N) is 2. The molecule has 5 heteroatoms. The van der Waals surface area contributed by atoms with Crippen LogP contribution < -0.4 is 10.9 Å². The van der Waals surface area contributed by atoms with Crippen LogP contribution in [0.15, 0.2) is 47.5 Å². The normalized spacial score (nSPS) is 10.8. The van der Waals surface area contributed by atoms with Gasteiger partial charge < -0.3 is 10.3 Å². The van der Waals surface area contributed by atoms with E-state index in [4.69, 9.17) is 0 Å². The molecule has 0 aliphatic heterocycles. The van der Waals surface area contributed by atoms with E-state index < -0.39 is 0 Å². The van der Waals surface area contributed by atoms with Crippen LogP contribution >= 0.6 is 0 Å². The number of aromatic nitrogens is 3. The van der Waals surface area contributed by atoms with Crippen LogP contribution in [0.1, 0.15) is 5.56 Å². The van der Waals surface area contributed by atoms with Gasteiger partial charge in [-0.25, -0.2) is 0 Å². The van der Waals surface area contributed by atoms with Gasteiger partial charge in [0.25, 0.3) is 5.56 Å². The fourth-order valence-corrected chi connectivity index (χ4v) is 2.07. The van der Waals surface area contributed by atoms with Gasteiger partial charge in [-0.1, -0.05) is 18.2 Å². The topological polar surface area (TPSA) is 62.7 Å². The molecule has 0 spiro atoms. The second-order valence-electron chi connectivity index (χ2n) is 4.48. The van der Waals surface area contributed by atoms with Crippen LogP contribution in [0.25, 0.3) is 10.8 Å². The molecule has 0 fully saturated rings. The van der Waals surface area contributed by atoms with E-state index in [1.54, 1.807) is 10.9 Å². The van der Waals surface area contributed by atoms with E-state index in [1.165, 1.54) is 0 Å². The Morgan fingerprint density at radius 1 is 1.37 bits per heavy atom. The van der Waals surface area contributed by atoms with E-state index in [0.717, 1.165) is 10.9 Å². The molecule has 2 aromatic heterocycles. The SMILES string of the molecule is Cn1cc(CNc2cc3ccccc3c(=O)[nH]2)cn1. The largest absolute Gasteiger partial charge is 0.367 e. The second kappa shape index (κ2) is 4.61. The molecule has 3 aromatic rings. The van der Waals surface area contributed by atoms with Crippen molar-refractivity contribution in [2.75, 3.05) is 5.32 Å². The van der Waals surface area contributed by atoms with Gasteiger partial charge in [0, 0.05) is 30.7 Å². The minimum atomic E-state index is -0.0770.